The first-order chi connectivity index (χ1) is 13.0. The molecule has 0 spiro atoms. The molecule has 1 aliphatic carbocycles. The molecule has 4 nitrogen and oxygen atoms in total. The van der Waals surface area contributed by atoms with Crippen LogP contribution in [0.4, 0.5) is 0 Å². The Bertz CT molecular complexity index is 860. The summed E-state index contributed by atoms with van der Waals surface area (Å²) in [5.74, 6) is 0.250. The first-order valence-corrected chi connectivity index (χ1v) is 10.2. The molecule has 27 heavy (non-hydrogen) atoms. The van der Waals surface area contributed by atoms with Gasteiger partial charge in [0.15, 0.2) is 5.43 Å². The van der Waals surface area contributed by atoms with Crippen molar-refractivity contribution in [2.45, 2.75) is 64.1 Å². The zero-order valence-corrected chi connectivity index (χ0v) is 16.4. The number of aromatic amines is 1. The third-order valence-electron chi connectivity index (χ3n) is 6.84. The van der Waals surface area contributed by atoms with Crippen LogP contribution in [-0.4, -0.2) is 27.6 Å². The van der Waals surface area contributed by atoms with Crippen LogP contribution in [-0.2, 0) is 12.1 Å². The number of pyridine rings is 1. The fourth-order valence-corrected chi connectivity index (χ4v) is 5.22. The van der Waals surface area contributed by atoms with E-state index in [1.54, 1.807) is 0 Å². The van der Waals surface area contributed by atoms with E-state index in [1.807, 2.05) is 38.2 Å². The lowest BCUT2D eigenvalue weighted by Crippen LogP contribution is -2.57. The minimum absolute atomic E-state index is 0.141. The number of aliphatic hydroxyl groups is 1. The van der Waals surface area contributed by atoms with Gasteiger partial charge in [0, 0.05) is 48.1 Å². The molecule has 0 unspecified atom stereocenters. The van der Waals surface area contributed by atoms with Crippen molar-refractivity contribution in [3.8, 4) is 0 Å². The van der Waals surface area contributed by atoms with Crippen LogP contribution >= 0.6 is 0 Å². The fraction of sp³-hybridized carbons (Fsp3) is 0.522. The number of piperidine rings is 1. The minimum Gasteiger partial charge on any atom is -0.385 e. The molecular formula is C23H30N2O2. The fourth-order valence-electron chi connectivity index (χ4n) is 5.22. The second-order valence-corrected chi connectivity index (χ2v) is 8.37. The van der Waals surface area contributed by atoms with E-state index in [0.717, 1.165) is 54.7 Å². The van der Waals surface area contributed by atoms with Crippen molar-refractivity contribution < 1.29 is 5.11 Å². The Hall–Kier alpha value is -1.91. The van der Waals surface area contributed by atoms with E-state index in [0.29, 0.717) is 6.04 Å². The molecule has 1 saturated heterocycles. The third kappa shape index (κ3) is 3.26. The summed E-state index contributed by atoms with van der Waals surface area (Å²) in [7, 11) is 0. The lowest BCUT2D eigenvalue weighted by molar-refractivity contribution is -0.123. The molecule has 2 aromatic rings. The van der Waals surface area contributed by atoms with Crippen LogP contribution in [0, 0.1) is 19.8 Å². The SMILES string of the molecule is Cc1c[nH]c(CN2CC[C@](O)(c3ccccc3)[C@@H]3CCCC[C@H]32)c(C)c1=O. The molecule has 0 radical (unpaired) electrons. The van der Waals surface area contributed by atoms with Crippen LogP contribution in [0.15, 0.2) is 41.3 Å². The molecule has 1 aliphatic heterocycles. The van der Waals surface area contributed by atoms with Gasteiger partial charge in [-0.1, -0.05) is 43.2 Å². The number of H-pyrrole nitrogens is 1. The summed E-state index contributed by atoms with van der Waals surface area (Å²) in [5, 5.41) is 11.7. The molecule has 2 aliphatic rings. The summed E-state index contributed by atoms with van der Waals surface area (Å²) in [5.41, 5.74) is 3.07. The number of hydrogen-bond acceptors (Lipinski definition) is 3. The highest BCUT2D eigenvalue weighted by molar-refractivity contribution is 5.27. The second-order valence-electron chi connectivity index (χ2n) is 8.37. The molecular weight excluding hydrogens is 336 g/mol. The summed E-state index contributed by atoms with van der Waals surface area (Å²) >= 11 is 0. The van der Waals surface area contributed by atoms with Crippen molar-refractivity contribution in [1.29, 1.82) is 0 Å². The van der Waals surface area contributed by atoms with Crippen LogP contribution in [0.3, 0.4) is 0 Å². The van der Waals surface area contributed by atoms with Crippen molar-refractivity contribution in [2.24, 2.45) is 5.92 Å². The van der Waals surface area contributed by atoms with Crippen LogP contribution in [0.5, 0.6) is 0 Å². The third-order valence-corrected chi connectivity index (χ3v) is 6.84. The molecule has 1 saturated carbocycles. The first-order valence-electron chi connectivity index (χ1n) is 10.2. The summed E-state index contributed by atoms with van der Waals surface area (Å²) in [4.78, 5) is 18.2. The molecule has 0 bridgehead atoms. The van der Waals surface area contributed by atoms with Gasteiger partial charge in [-0.25, -0.2) is 0 Å². The van der Waals surface area contributed by atoms with Gasteiger partial charge in [-0.05, 0) is 38.7 Å². The summed E-state index contributed by atoms with van der Waals surface area (Å²) in [6.45, 7) is 5.38. The molecule has 2 N–H and O–H groups in total. The van der Waals surface area contributed by atoms with Crippen molar-refractivity contribution >= 4 is 0 Å². The second kappa shape index (κ2) is 7.25. The Morgan fingerprint density at radius 1 is 1.19 bits per heavy atom. The maximum absolute atomic E-state index is 12.3. The maximum Gasteiger partial charge on any atom is 0.187 e. The van der Waals surface area contributed by atoms with E-state index < -0.39 is 5.60 Å². The molecule has 3 atom stereocenters. The molecule has 4 heteroatoms. The highest BCUT2D eigenvalue weighted by atomic mass is 16.3. The molecule has 2 fully saturated rings. The van der Waals surface area contributed by atoms with Gasteiger partial charge in [0.2, 0.25) is 0 Å². The Kier molecular flexibility index (Phi) is 4.95. The van der Waals surface area contributed by atoms with Gasteiger partial charge in [-0.3, -0.25) is 9.69 Å². The van der Waals surface area contributed by atoms with Crippen molar-refractivity contribution in [2.75, 3.05) is 6.54 Å². The molecule has 1 aromatic heterocycles. The van der Waals surface area contributed by atoms with Gasteiger partial charge in [-0.2, -0.15) is 0 Å². The van der Waals surface area contributed by atoms with E-state index in [9.17, 15) is 9.90 Å². The van der Waals surface area contributed by atoms with Crippen molar-refractivity contribution in [3.05, 3.63) is 69.1 Å². The summed E-state index contributed by atoms with van der Waals surface area (Å²) < 4.78 is 0. The average Bonchev–Trinajstić information content (AvgIpc) is 2.71. The van der Waals surface area contributed by atoms with E-state index in [2.05, 4.69) is 22.0 Å². The monoisotopic (exact) mass is 366 g/mol. The predicted octanol–water partition coefficient (Wildman–Crippen LogP) is 3.64. The normalized spacial score (nSPS) is 28.7. The first kappa shape index (κ1) is 18.5. The van der Waals surface area contributed by atoms with Gasteiger partial charge >= 0.3 is 0 Å². The molecule has 1 aromatic carbocycles. The number of fused-ring (bicyclic) bond motifs is 1. The van der Waals surface area contributed by atoms with Crippen LogP contribution in [0.25, 0.3) is 0 Å². The molecule has 4 rings (SSSR count). The largest absolute Gasteiger partial charge is 0.385 e. The summed E-state index contributed by atoms with van der Waals surface area (Å²) in [6, 6.07) is 10.6. The number of benzene rings is 1. The van der Waals surface area contributed by atoms with Gasteiger partial charge in [-0.15, -0.1) is 0 Å². The lowest BCUT2D eigenvalue weighted by Gasteiger charge is -2.52. The van der Waals surface area contributed by atoms with Crippen LogP contribution in [0.1, 0.15) is 54.5 Å². The Labute approximate surface area is 161 Å². The number of nitrogens with zero attached hydrogens (tertiary/aromatic N) is 1. The Balaban J connectivity index is 1.63. The van der Waals surface area contributed by atoms with Gasteiger partial charge < -0.3 is 10.1 Å². The van der Waals surface area contributed by atoms with E-state index in [4.69, 9.17) is 0 Å². The smallest absolute Gasteiger partial charge is 0.187 e. The van der Waals surface area contributed by atoms with Crippen molar-refractivity contribution in [1.82, 2.24) is 9.88 Å². The molecule has 0 amide bonds. The zero-order chi connectivity index (χ0) is 19.0. The van der Waals surface area contributed by atoms with E-state index in [-0.39, 0.29) is 11.3 Å². The van der Waals surface area contributed by atoms with E-state index in [1.165, 1.54) is 12.8 Å². The number of aryl methyl sites for hydroxylation is 1. The van der Waals surface area contributed by atoms with Crippen LogP contribution < -0.4 is 5.43 Å². The van der Waals surface area contributed by atoms with Crippen molar-refractivity contribution in [3.63, 3.8) is 0 Å². The highest BCUT2D eigenvalue weighted by Gasteiger charge is 2.49. The zero-order valence-electron chi connectivity index (χ0n) is 16.4. The van der Waals surface area contributed by atoms with Gasteiger partial charge in [0.1, 0.15) is 0 Å². The minimum atomic E-state index is -0.738. The summed E-state index contributed by atoms with van der Waals surface area (Å²) in [6.07, 6.45) is 7.15. The number of hydrogen-bond donors (Lipinski definition) is 2. The van der Waals surface area contributed by atoms with Crippen LogP contribution in [0.2, 0.25) is 0 Å². The lowest BCUT2D eigenvalue weighted by atomic mass is 9.66. The standard InChI is InChI=1S/C23H30N2O2/c1-16-14-24-20(17(2)22(16)26)15-25-13-12-23(27,18-8-4-3-5-9-18)19-10-6-7-11-21(19)25/h3-5,8-9,14,19,21,27H,6-7,10-13,15H2,1-2H3,(H,24,26)/t19-,21-,23+/m1/s1. The molecule has 2 heterocycles. The number of aromatic nitrogens is 1. The number of nitrogens with one attached hydrogen (secondary N) is 1. The number of rotatable bonds is 3. The van der Waals surface area contributed by atoms with Gasteiger partial charge in [0.05, 0.1) is 5.60 Å². The average molecular weight is 367 g/mol. The Morgan fingerprint density at radius 3 is 2.70 bits per heavy atom. The highest BCUT2D eigenvalue weighted by Crippen LogP contribution is 2.47. The maximum atomic E-state index is 12.3. The van der Waals surface area contributed by atoms with E-state index >= 15 is 0 Å². The Morgan fingerprint density at radius 2 is 1.93 bits per heavy atom. The predicted molar refractivity (Wildman–Crippen MR) is 108 cm³/mol. The molecule has 144 valence electrons. The number of likely N-dealkylation sites (tertiary alicyclic amines) is 1. The topological polar surface area (TPSA) is 56.3 Å². The van der Waals surface area contributed by atoms with Gasteiger partial charge in [0.25, 0.3) is 0 Å². The quantitative estimate of drug-likeness (QED) is 0.872.